The van der Waals surface area contributed by atoms with E-state index in [-0.39, 0.29) is 6.04 Å². The molecule has 0 aliphatic heterocycles. The number of rotatable bonds is 4. The summed E-state index contributed by atoms with van der Waals surface area (Å²) >= 11 is 0. The maximum Gasteiger partial charge on any atom is 0.407 e. The van der Waals surface area contributed by atoms with Crippen molar-refractivity contribution in [3.63, 3.8) is 0 Å². The zero-order valence-corrected chi connectivity index (χ0v) is 12.3. The third-order valence-corrected chi connectivity index (χ3v) is 2.58. The minimum Gasteiger partial charge on any atom is -0.444 e. The Kier molecular flexibility index (Phi) is 5.60. The molecule has 3 N–H and O–H groups in total. The van der Waals surface area contributed by atoms with E-state index >= 15 is 0 Å². The average Bonchev–Trinajstić information content (AvgIpc) is 2.36. The van der Waals surface area contributed by atoms with Gasteiger partial charge in [-0.15, -0.1) is 6.42 Å². The molecule has 20 heavy (non-hydrogen) atoms. The Morgan fingerprint density at radius 3 is 2.75 bits per heavy atom. The SMILES string of the molecule is C#Cc1cccc(CC(CN)NC(=O)OC(C)(C)C)c1. The van der Waals surface area contributed by atoms with E-state index in [9.17, 15) is 4.79 Å². The van der Waals surface area contributed by atoms with Crippen molar-refractivity contribution in [3.05, 3.63) is 35.4 Å². The van der Waals surface area contributed by atoms with E-state index in [0.717, 1.165) is 11.1 Å². The molecule has 1 atom stereocenters. The molecule has 0 fully saturated rings. The number of carbonyl (C=O) groups excluding carboxylic acids is 1. The lowest BCUT2D eigenvalue weighted by atomic mass is 10.0. The molecule has 4 heteroatoms. The molecule has 108 valence electrons. The predicted molar refractivity (Wildman–Crippen MR) is 80.3 cm³/mol. The molecule has 0 aromatic heterocycles. The molecule has 0 radical (unpaired) electrons. The van der Waals surface area contributed by atoms with Crippen LogP contribution in [-0.2, 0) is 11.2 Å². The molecule has 1 rings (SSSR count). The fraction of sp³-hybridized carbons (Fsp3) is 0.438. The molecule has 1 amide bonds. The third kappa shape index (κ3) is 5.77. The van der Waals surface area contributed by atoms with E-state index in [4.69, 9.17) is 16.9 Å². The first-order valence-corrected chi connectivity index (χ1v) is 6.59. The Hall–Kier alpha value is -1.99. The van der Waals surface area contributed by atoms with E-state index < -0.39 is 11.7 Å². The van der Waals surface area contributed by atoms with E-state index in [1.54, 1.807) is 0 Å². The van der Waals surface area contributed by atoms with Gasteiger partial charge >= 0.3 is 6.09 Å². The van der Waals surface area contributed by atoms with Gasteiger partial charge in [0.25, 0.3) is 0 Å². The lowest BCUT2D eigenvalue weighted by Crippen LogP contribution is -2.44. The van der Waals surface area contributed by atoms with Crippen molar-refractivity contribution in [2.75, 3.05) is 6.54 Å². The first kappa shape index (κ1) is 16.1. The highest BCUT2D eigenvalue weighted by molar-refractivity contribution is 5.68. The van der Waals surface area contributed by atoms with E-state index in [1.807, 2.05) is 45.0 Å². The minimum atomic E-state index is -0.521. The van der Waals surface area contributed by atoms with E-state index in [1.165, 1.54) is 0 Å². The van der Waals surface area contributed by atoms with Crippen LogP contribution in [0, 0.1) is 12.3 Å². The maximum atomic E-state index is 11.7. The highest BCUT2D eigenvalue weighted by Gasteiger charge is 2.19. The summed E-state index contributed by atoms with van der Waals surface area (Å²) in [5, 5.41) is 2.77. The molecule has 4 nitrogen and oxygen atoms in total. The van der Waals surface area contributed by atoms with Crippen molar-refractivity contribution >= 4 is 6.09 Å². The number of ether oxygens (including phenoxy) is 1. The Morgan fingerprint density at radius 1 is 1.50 bits per heavy atom. The van der Waals surface area contributed by atoms with Crippen LogP contribution < -0.4 is 11.1 Å². The highest BCUT2D eigenvalue weighted by Crippen LogP contribution is 2.09. The van der Waals surface area contributed by atoms with Gasteiger partial charge in [-0.05, 0) is 44.9 Å². The number of nitrogens with two attached hydrogens (primary N) is 1. The van der Waals surface area contributed by atoms with Crippen molar-refractivity contribution in [1.82, 2.24) is 5.32 Å². The van der Waals surface area contributed by atoms with Crippen molar-refractivity contribution < 1.29 is 9.53 Å². The summed E-state index contributed by atoms with van der Waals surface area (Å²) in [7, 11) is 0. The van der Waals surface area contributed by atoms with Crippen LogP contribution in [-0.4, -0.2) is 24.3 Å². The Morgan fingerprint density at radius 2 is 2.20 bits per heavy atom. The summed E-state index contributed by atoms with van der Waals surface area (Å²) in [5.41, 5.74) is 7.02. The second-order valence-electron chi connectivity index (χ2n) is 5.63. The minimum absolute atomic E-state index is 0.183. The van der Waals surface area contributed by atoms with Crippen LogP contribution in [0.15, 0.2) is 24.3 Å². The maximum absolute atomic E-state index is 11.7. The zero-order chi connectivity index (χ0) is 15.2. The number of hydrogen-bond donors (Lipinski definition) is 2. The fourth-order valence-electron chi connectivity index (χ4n) is 1.74. The molecule has 1 aromatic carbocycles. The van der Waals surface area contributed by atoms with Crippen LogP contribution in [0.3, 0.4) is 0 Å². The normalized spacial score (nSPS) is 12.3. The number of carbonyl (C=O) groups is 1. The molecular weight excluding hydrogens is 252 g/mol. The molecule has 1 unspecified atom stereocenters. The fourth-order valence-corrected chi connectivity index (χ4v) is 1.74. The third-order valence-electron chi connectivity index (χ3n) is 2.58. The van der Waals surface area contributed by atoms with Crippen molar-refractivity contribution in [2.24, 2.45) is 5.73 Å². The molecule has 0 bridgehead atoms. The Bertz CT molecular complexity index is 498. The molecule has 0 aliphatic rings. The van der Waals surface area contributed by atoms with Crippen LogP contribution >= 0.6 is 0 Å². The predicted octanol–water partition coefficient (Wildman–Crippen LogP) is 2.06. The van der Waals surface area contributed by atoms with Gasteiger partial charge in [-0.3, -0.25) is 0 Å². The standard InChI is InChI=1S/C16H22N2O2/c1-5-12-7-6-8-13(9-12)10-14(11-17)18-15(19)20-16(2,3)4/h1,6-9,14H,10-11,17H2,2-4H3,(H,18,19). The first-order valence-electron chi connectivity index (χ1n) is 6.59. The number of hydrogen-bond acceptors (Lipinski definition) is 3. The quantitative estimate of drug-likeness (QED) is 0.826. The second-order valence-corrected chi connectivity index (χ2v) is 5.63. The van der Waals surface area contributed by atoms with Gasteiger partial charge in [0.15, 0.2) is 0 Å². The number of terminal acetylenes is 1. The smallest absolute Gasteiger partial charge is 0.407 e. The van der Waals surface area contributed by atoms with Gasteiger partial charge in [-0.2, -0.15) is 0 Å². The summed E-state index contributed by atoms with van der Waals surface area (Å²) in [4.78, 5) is 11.7. The van der Waals surface area contributed by atoms with Crippen LogP contribution in [0.2, 0.25) is 0 Å². The lowest BCUT2D eigenvalue weighted by Gasteiger charge is -2.23. The van der Waals surface area contributed by atoms with Gasteiger partial charge in [-0.1, -0.05) is 18.1 Å². The average molecular weight is 274 g/mol. The lowest BCUT2D eigenvalue weighted by molar-refractivity contribution is 0.0506. The Labute approximate surface area is 120 Å². The van der Waals surface area contributed by atoms with Crippen LogP contribution in [0.5, 0.6) is 0 Å². The molecule has 0 aliphatic carbocycles. The van der Waals surface area contributed by atoms with Gasteiger partial charge in [0.2, 0.25) is 0 Å². The van der Waals surface area contributed by atoms with Gasteiger partial charge in [0.05, 0.1) is 0 Å². The van der Waals surface area contributed by atoms with Crippen molar-refractivity contribution in [3.8, 4) is 12.3 Å². The van der Waals surface area contributed by atoms with E-state index in [2.05, 4.69) is 11.2 Å². The monoisotopic (exact) mass is 274 g/mol. The summed E-state index contributed by atoms with van der Waals surface area (Å²) in [5.74, 6) is 2.59. The Balaban J connectivity index is 2.63. The summed E-state index contributed by atoms with van der Waals surface area (Å²) in [6.45, 7) is 5.79. The number of nitrogens with one attached hydrogen (secondary N) is 1. The largest absolute Gasteiger partial charge is 0.444 e. The number of benzene rings is 1. The number of amides is 1. The summed E-state index contributed by atoms with van der Waals surface area (Å²) in [6.07, 6.45) is 5.53. The molecular formula is C16H22N2O2. The molecule has 0 saturated carbocycles. The van der Waals surface area contributed by atoms with E-state index in [0.29, 0.717) is 13.0 Å². The second kappa shape index (κ2) is 6.97. The number of alkyl carbamates (subject to hydrolysis) is 1. The van der Waals surface area contributed by atoms with Crippen LogP contribution in [0.4, 0.5) is 4.79 Å². The molecule has 1 aromatic rings. The molecule has 0 heterocycles. The summed E-state index contributed by atoms with van der Waals surface area (Å²) < 4.78 is 5.21. The van der Waals surface area contributed by atoms with Crippen LogP contribution in [0.25, 0.3) is 0 Å². The van der Waals surface area contributed by atoms with Gasteiger partial charge in [0, 0.05) is 18.2 Å². The summed E-state index contributed by atoms with van der Waals surface area (Å²) in [6, 6.07) is 7.45. The van der Waals surface area contributed by atoms with Crippen molar-refractivity contribution in [1.29, 1.82) is 0 Å². The van der Waals surface area contributed by atoms with Gasteiger partial charge < -0.3 is 15.8 Å². The highest BCUT2D eigenvalue weighted by atomic mass is 16.6. The molecule has 0 saturated heterocycles. The zero-order valence-electron chi connectivity index (χ0n) is 12.3. The first-order chi connectivity index (χ1) is 9.34. The van der Waals surface area contributed by atoms with Crippen LogP contribution in [0.1, 0.15) is 31.9 Å². The van der Waals surface area contributed by atoms with Gasteiger partial charge in [-0.25, -0.2) is 4.79 Å². The van der Waals surface area contributed by atoms with Gasteiger partial charge in [0.1, 0.15) is 5.60 Å². The topological polar surface area (TPSA) is 64.3 Å². The van der Waals surface area contributed by atoms with Crippen molar-refractivity contribution in [2.45, 2.75) is 38.8 Å². The molecule has 0 spiro atoms.